The molecule has 2 aromatic carbocycles. The van der Waals surface area contributed by atoms with Gasteiger partial charge in [-0.15, -0.1) is 0 Å². The molecule has 28 heavy (non-hydrogen) atoms. The largest absolute Gasteiger partial charge is 0.388 e. The van der Waals surface area contributed by atoms with Crippen LogP contribution in [0, 0.1) is 0 Å². The van der Waals surface area contributed by atoms with E-state index in [9.17, 15) is 8.42 Å². The fourth-order valence-corrected chi connectivity index (χ4v) is 4.43. The Balaban J connectivity index is 2.14. The van der Waals surface area contributed by atoms with Crippen LogP contribution in [0.1, 0.15) is 65.5 Å². The van der Waals surface area contributed by atoms with Gasteiger partial charge in [0, 0.05) is 12.7 Å². The molecule has 0 fully saturated rings. The number of rotatable bonds is 8. The topological polar surface area (TPSA) is 46.2 Å². The van der Waals surface area contributed by atoms with Crippen LogP contribution in [0.3, 0.4) is 0 Å². The van der Waals surface area contributed by atoms with Gasteiger partial charge in [-0.25, -0.2) is 8.42 Å². The van der Waals surface area contributed by atoms with E-state index in [-0.39, 0.29) is 10.8 Å². The predicted molar refractivity (Wildman–Crippen MR) is 120 cm³/mol. The Morgan fingerprint density at radius 2 is 1.18 bits per heavy atom. The molecule has 1 N–H and O–H groups in total. The second-order valence-corrected chi connectivity index (χ2v) is 11.7. The van der Waals surface area contributed by atoms with E-state index in [2.05, 4.69) is 57.3 Å². The van der Waals surface area contributed by atoms with E-state index >= 15 is 0 Å². The van der Waals surface area contributed by atoms with E-state index in [1.165, 1.54) is 11.1 Å². The van der Waals surface area contributed by atoms with E-state index in [1.54, 1.807) is 26.0 Å². The van der Waals surface area contributed by atoms with Crippen LogP contribution in [0.15, 0.2) is 53.4 Å². The highest BCUT2D eigenvalue weighted by molar-refractivity contribution is 7.92. The highest BCUT2D eigenvalue weighted by Crippen LogP contribution is 2.36. The molecule has 0 aromatic heterocycles. The molecule has 0 radical (unpaired) electrons. The summed E-state index contributed by atoms with van der Waals surface area (Å²) >= 11 is 0. The molecule has 0 aliphatic heterocycles. The van der Waals surface area contributed by atoms with Crippen molar-refractivity contribution in [2.45, 2.75) is 75.4 Å². The van der Waals surface area contributed by atoms with E-state index in [4.69, 9.17) is 0 Å². The Hall–Kier alpha value is -1.81. The molecule has 4 heteroatoms. The molecule has 0 spiro atoms. The second kappa shape index (κ2) is 8.28. The van der Waals surface area contributed by atoms with Gasteiger partial charge >= 0.3 is 0 Å². The lowest BCUT2D eigenvalue weighted by molar-refractivity contribution is 0.375. The van der Waals surface area contributed by atoms with Gasteiger partial charge in [0.15, 0.2) is 9.84 Å². The van der Waals surface area contributed by atoms with Crippen molar-refractivity contribution in [3.8, 4) is 0 Å². The van der Waals surface area contributed by atoms with Gasteiger partial charge in [0.25, 0.3) is 0 Å². The summed E-state index contributed by atoms with van der Waals surface area (Å²) in [5.41, 5.74) is 3.68. The van der Waals surface area contributed by atoms with E-state index in [1.807, 2.05) is 19.2 Å². The van der Waals surface area contributed by atoms with Crippen LogP contribution in [0.2, 0.25) is 0 Å². The normalized spacial score (nSPS) is 13.0. The SMILES string of the molecule is CNc1ccc(C(C)(C)CCC(C)(C)c2ccc(S(=O)(=O)C(C)C)cc2)cc1. The minimum Gasteiger partial charge on any atom is -0.388 e. The molecule has 0 amide bonds. The summed E-state index contributed by atoms with van der Waals surface area (Å²) in [6.07, 6.45) is 2.06. The summed E-state index contributed by atoms with van der Waals surface area (Å²) in [5.74, 6) is 0. The van der Waals surface area contributed by atoms with Crippen LogP contribution >= 0.6 is 0 Å². The third kappa shape index (κ3) is 4.96. The molecule has 2 rings (SSSR count). The molecule has 0 saturated carbocycles. The van der Waals surface area contributed by atoms with E-state index < -0.39 is 15.1 Å². The van der Waals surface area contributed by atoms with Crippen molar-refractivity contribution in [2.24, 2.45) is 0 Å². The molecule has 0 aliphatic rings. The first-order valence-corrected chi connectivity index (χ1v) is 11.6. The van der Waals surface area contributed by atoms with Crippen LogP contribution in [0.5, 0.6) is 0 Å². The number of sulfone groups is 1. The summed E-state index contributed by atoms with van der Waals surface area (Å²) in [6, 6.07) is 16.1. The zero-order valence-corrected chi connectivity index (χ0v) is 19.2. The van der Waals surface area contributed by atoms with Gasteiger partial charge < -0.3 is 5.32 Å². The zero-order chi connectivity index (χ0) is 21.2. The monoisotopic (exact) mass is 401 g/mol. The quantitative estimate of drug-likeness (QED) is 0.595. The molecule has 0 aliphatic carbocycles. The molecule has 154 valence electrons. The highest BCUT2D eigenvalue weighted by atomic mass is 32.2. The molecule has 2 aromatic rings. The summed E-state index contributed by atoms with van der Waals surface area (Å²) in [6.45, 7) is 12.5. The van der Waals surface area contributed by atoms with Crippen molar-refractivity contribution in [2.75, 3.05) is 12.4 Å². The van der Waals surface area contributed by atoms with Crippen LogP contribution in [0.25, 0.3) is 0 Å². The van der Waals surface area contributed by atoms with E-state index in [0.717, 1.165) is 18.5 Å². The average Bonchev–Trinajstić information content (AvgIpc) is 2.66. The number of hydrogen-bond acceptors (Lipinski definition) is 3. The van der Waals surface area contributed by atoms with Crippen molar-refractivity contribution in [1.82, 2.24) is 0 Å². The molecule has 0 atom stereocenters. The first-order valence-electron chi connectivity index (χ1n) is 10.0. The summed E-state index contributed by atoms with van der Waals surface area (Å²) in [7, 11) is -1.29. The Bertz CT molecular complexity index is 877. The maximum atomic E-state index is 12.3. The molecule has 0 unspecified atom stereocenters. The summed E-state index contributed by atoms with van der Waals surface area (Å²) < 4.78 is 24.7. The number of nitrogens with one attached hydrogen (secondary N) is 1. The van der Waals surface area contributed by atoms with Gasteiger partial charge in [-0.3, -0.25) is 0 Å². The maximum absolute atomic E-state index is 12.3. The van der Waals surface area contributed by atoms with Gasteiger partial charge in [0.05, 0.1) is 10.1 Å². The number of benzene rings is 2. The van der Waals surface area contributed by atoms with Crippen LogP contribution in [-0.2, 0) is 20.7 Å². The predicted octanol–water partition coefficient (Wildman–Crippen LogP) is 5.95. The van der Waals surface area contributed by atoms with Crippen molar-refractivity contribution >= 4 is 15.5 Å². The fourth-order valence-electron chi connectivity index (χ4n) is 3.37. The molecule has 0 bridgehead atoms. The van der Waals surface area contributed by atoms with Crippen molar-refractivity contribution in [3.63, 3.8) is 0 Å². The van der Waals surface area contributed by atoms with Gasteiger partial charge in [-0.2, -0.15) is 0 Å². The lowest BCUT2D eigenvalue weighted by Crippen LogP contribution is -2.24. The van der Waals surface area contributed by atoms with Crippen molar-refractivity contribution < 1.29 is 8.42 Å². The Kier molecular flexibility index (Phi) is 6.65. The van der Waals surface area contributed by atoms with Crippen LogP contribution in [-0.4, -0.2) is 20.7 Å². The Morgan fingerprint density at radius 1 is 0.786 bits per heavy atom. The molecular weight excluding hydrogens is 366 g/mol. The average molecular weight is 402 g/mol. The minimum atomic E-state index is -3.22. The highest BCUT2D eigenvalue weighted by Gasteiger charge is 2.28. The second-order valence-electron chi connectivity index (χ2n) is 9.21. The van der Waals surface area contributed by atoms with E-state index in [0.29, 0.717) is 4.90 Å². The lowest BCUT2D eigenvalue weighted by Gasteiger charge is -2.32. The van der Waals surface area contributed by atoms with Gasteiger partial charge in [-0.05, 0) is 72.9 Å². The number of anilines is 1. The van der Waals surface area contributed by atoms with Crippen molar-refractivity contribution in [3.05, 3.63) is 59.7 Å². The number of hydrogen-bond donors (Lipinski definition) is 1. The smallest absolute Gasteiger partial charge is 0.180 e. The van der Waals surface area contributed by atoms with Gasteiger partial charge in [-0.1, -0.05) is 52.0 Å². The van der Waals surface area contributed by atoms with Crippen molar-refractivity contribution in [1.29, 1.82) is 0 Å². The standard InChI is InChI=1S/C24H35NO2S/c1-18(2)28(26,27)22-14-10-20(11-15-22)24(5,6)17-16-23(3,4)19-8-12-21(25-7)13-9-19/h8-15,18,25H,16-17H2,1-7H3. The molecule has 0 heterocycles. The summed E-state index contributed by atoms with van der Waals surface area (Å²) in [5, 5.41) is 2.76. The third-order valence-electron chi connectivity index (χ3n) is 5.91. The Labute approximate surface area is 171 Å². The maximum Gasteiger partial charge on any atom is 0.180 e. The minimum absolute atomic E-state index is 0.0255. The Morgan fingerprint density at radius 3 is 1.54 bits per heavy atom. The van der Waals surface area contributed by atoms with Gasteiger partial charge in [0.1, 0.15) is 0 Å². The van der Waals surface area contributed by atoms with Crippen LogP contribution in [0.4, 0.5) is 5.69 Å². The first kappa shape index (κ1) is 22.5. The van der Waals surface area contributed by atoms with Gasteiger partial charge in [0.2, 0.25) is 0 Å². The molecular formula is C24H35NO2S. The zero-order valence-electron chi connectivity index (χ0n) is 18.3. The molecule has 0 saturated heterocycles. The third-order valence-corrected chi connectivity index (χ3v) is 8.09. The molecule has 3 nitrogen and oxygen atoms in total. The summed E-state index contributed by atoms with van der Waals surface area (Å²) in [4.78, 5) is 0.409. The lowest BCUT2D eigenvalue weighted by atomic mass is 9.73. The van der Waals surface area contributed by atoms with Crippen LogP contribution < -0.4 is 5.32 Å². The fraction of sp³-hybridized carbons (Fsp3) is 0.500. The first-order chi connectivity index (χ1) is 12.9.